The van der Waals surface area contributed by atoms with E-state index in [1.807, 2.05) is 31.7 Å². The largest absolute Gasteiger partial charge is 0.491 e. The maximum atomic E-state index is 12.2. The Labute approximate surface area is 157 Å². The third kappa shape index (κ3) is 6.24. The summed E-state index contributed by atoms with van der Waals surface area (Å²) in [6, 6.07) is 6.16. The number of hydrogen-bond donors (Lipinski definition) is 2. The molecule has 144 valence electrons. The Bertz CT molecular complexity index is 622. The van der Waals surface area contributed by atoms with Crippen LogP contribution in [0.15, 0.2) is 23.2 Å². The average molecular weight is 361 g/mol. The van der Waals surface area contributed by atoms with Crippen LogP contribution in [0.3, 0.4) is 0 Å². The van der Waals surface area contributed by atoms with Gasteiger partial charge in [-0.2, -0.15) is 0 Å². The molecule has 26 heavy (non-hydrogen) atoms. The second-order valence-corrected chi connectivity index (χ2v) is 6.91. The lowest BCUT2D eigenvalue weighted by atomic mass is 10.1. The number of likely N-dealkylation sites (tertiary alicyclic amines) is 1. The minimum absolute atomic E-state index is 0.115. The van der Waals surface area contributed by atoms with Crippen LogP contribution in [0.2, 0.25) is 0 Å². The molecule has 0 saturated carbocycles. The fourth-order valence-corrected chi connectivity index (χ4v) is 2.90. The minimum Gasteiger partial charge on any atom is -0.491 e. The summed E-state index contributed by atoms with van der Waals surface area (Å²) in [7, 11) is 0. The summed E-state index contributed by atoms with van der Waals surface area (Å²) in [5.74, 6) is 1.65. The number of hydrogen-bond acceptors (Lipinski definition) is 3. The molecule has 0 spiro atoms. The van der Waals surface area contributed by atoms with Gasteiger partial charge in [-0.05, 0) is 52.2 Å². The average Bonchev–Trinajstić information content (AvgIpc) is 3.12. The third-order valence-electron chi connectivity index (χ3n) is 4.20. The molecule has 0 atom stereocenters. The number of aliphatic imine (C=N–C) groups is 1. The van der Waals surface area contributed by atoms with E-state index < -0.39 is 0 Å². The highest BCUT2D eigenvalue weighted by atomic mass is 16.5. The molecule has 0 bridgehead atoms. The fraction of sp³-hybridized carbons (Fsp3) is 0.600. The van der Waals surface area contributed by atoms with Crippen LogP contribution in [0.4, 0.5) is 0 Å². The Morgan fingerprint density at radius 3 is 2.65 bits per heavy atom. The van der Waals surface area contributed by atoms with Gasteiger partial charge in [-0.3, -0.25) is 4.79 Å². The van der Waals surface area contributed by atoms with Gasteiger partial charge in [0.2, 0.25) is 5.91 Å². The number of benzene rings is 1. The van der Waals surface area contributed by atoms with Gasteiger partial charge < -0.3 is 20.3 Å². The number of carbonyl (C=O) groups is 1. The number of carbonyl (C=O) groups excluding carboxylic acids is 1. The summed E-state index contributed by atoms with van der Waals surface area (Å²) < 4.78 is 5.91. The van der Waals surface area contributed by atoms with Crippen LogP contribution in [0.1, 0.15) is 44.7 Å². The molecule has 1 aliphatic rings. The van der Waals surface area contributed by atoms with Crippen LogP contribution in [-0.4, -0.2) is 49.0 Å². The van der Waals surface area contributed by atoms with Crippen molar-refractivity contribution in [3.05, 3.63) is 29.3 Å². The number of ether oxygens (including phenoxy) is 1. The molecule has 1 saturated heterocycles. The van der Waals surface area contributed by atoms with E-state index in [0.717, 1.165) is 49.4 Å². The molecule has 2 rings (SSSR count). The van der Waals surface area contributed by atoms with Crippen molar-refractivity contribution in [2.75, 3.05) is 26.2 Å². The van der Waals surface area contributed by atoms with Gasteiger partial charge in [-0.1, -0.05) is 12.1 Å². The molecule has 0 radical (unpaired) electrons. The van der Waals surface area contributed by atoms with Crippen molar-refractivity contribution in [2.45, 2.75) is 53.2 Å². The first-order chi connectivity index (χ1) is 12.5. The fourth-order valence-electron chi connectivity index (χ4n) is 2.90. The molecule has 0 aliphatic carbocycles. The molecule has 6 nitrogen and oxygen atoms in total. The van der Waals surface area contributed by atoms with Gasteiger partial charge in [0.15, 0.2) is 5.96 Å². The van der Waals surface area contributed by atoms with E-state index in [-0.39, 0.29) is 18.6 Å². The van der Waals surface area contributed by atoms with E-state index >= 15 is 0 Å². The summed E-state index contributed by atoms with van der Waals surface area (Å²) in [6.45, 7) is 11.4. The van der Waals surface area contributed by atoms with Crippen LogP contribution in [0, 0.1) is 6.92 Å². The van der Waals surface area contributed by atoms with E-state index in [0.29, 0.717) is 12.5 Å². The van der Waals surface area contributed by atoms with E-state index in [2.05, 4.69) is 34.7 Å². The number of guanidine groups is 1. The highest BCUT2D eigenvalue weighted by Crippen LogP contribution is 2.22. The predicted octanol–water partition coefficient (Wildman–Crippen LogP) is 2.46. The van der Waals surface area contributed by atoms with Crippen LogP contribution in [-0.2, 0) is 11.3 Å². The molecule has 1 aromatic carbocycles. The zero-order chi connectivity index (χ0) is 18.9. The molecule has 0 aromatic heterocycles. The lowest BCUT2D eigenvalue weighted by molar-refractivity contribution is -0.128. The van der Waals surface area contributed by atoms with Gasteiger partial charge in [0, 0.05) is 25.2 Å². The topological polar surface area (TPSA) is 66.0 Å². The van der Waals surface area contributed by atoms with Gasteiger partial charge in [0.1, 0.15) is 5.75 Å². The molecular weight excluding hydrogens is 328 g/mol. The van der Waals surface area contributed by atoms with Gasteiger partial charge in [0.05, 0.1) is 19.2 Å². The van der Waals surface area contributed by atoms with Gasteiger partial charge in [0.25, 0.3) is 0 Å². The lowest BCUT2D eigenvalue weighted by Crippen LogP contribution is -2.44. The summed E-state index contributed by atoms with van der Waals surface area (Å²) >= 11 is 0. The van der Waals surface area contributed by atoms with Gasteiger partial charge in [-0.15, -0.1) is 0 Å². The number of aryl methyl sites for hydroxylation is 1. The number of amides is 1. The molecular formula is C20H32N4O2. The van der Waals surface area contributed by atoms with Crippen molar-refractivity contribution in [1.82, 2.24) is 15.5 Å². The monoisotopic (exact) mass is 360 g/mol. The predicted molar refractivity (Wildman–Crippen MR) is 106 cm³/mol. The third-order valence-corrected chi connectivity index (χ3v) is 4.20. The molecule has 1 heterocycles. The summed E-state index contributed by atoms with van der Waals surface area (Å²) in [5, 5.41) is 6.34. The van der Waals surface area contributed by atoms with E-state index in [1.54, 1.807) is 0 Å². The standard InChI is InChI=1S/C20H32N4O2/c1-5-21-20(23-14-19(25)24-10-6-7-11-24)22-13-17-9-8-16(4)12-18(17)26-15(2)3/h8-9,12,15H,5-7,10-11,13-14H2,1-4H3,(H2,21,22,23). The highest BCUT2D eigenvalue weighted by Gasteiger charge is 2.17. The Morgan fingerprint density at radius 2 is 2.00 bits per heavy atom. The first-order valence-electron chi connectivity index (χ1n) is 9.55. The van der Waals surface area contributed by atoms with Crippen LogP contribution < -0.4 is 15.4 Å². The van der Waals surface area contributed by atoms with Gasteiger partial charge >= 0.3 is 0 Å². The zero-order valence-corrected chi connectivity index (χ0v) is 16.5. The smallest absolute Gasteiger partial charge is 0.241 e. The van der Waals surface area contributed by atoms with Crippen molar-refractivity contribution >= 4 is 11.9 Å². The van der Waals surface area contributed by atoms with Crippen molar-refractivity contribution in [2.24, 2.45) is 4.99 Å². The summed E-state index contributed by atoms with van der Waals surface area (Å²) in [5.41, 5.74) is 2.20. The Morgan fingerprint density at radius 1 is 1.27 bits per heavy atom. The Hall–Kier alpha value is -2.24. The van der Waals surface area contributed by atoms with Crippen LogP contribution in [0.5, 0.6) is 5.75 Å². The first-order valence-corrected chi connectivity index (χ1v) is 9.55. The maximum absolute atomic E-state index is 12.2. The summed E-state index contributed by atoms with van der Waals surface area (Å²) in [4.78, 5) is 18.7. The van der Waals surface area contributed by atoms with E-state index in [1.165, 1.54) is 0 Å². The van der Waals surface area contributed by atoms with Crippen molar-refractivity contribution in [3.63, 3.8) is 0 Å². The SMILES string of the molecule is CCNC(=NCc1ccc(C)cc1OC(C)C)NCC(=O)N1CCCC1. The first kappa shape index (κ1) is 20.1. The second-order valence-electron chi connectivity index (χ2n) is 6.91. The quantitative estimate of drug-likeness (QED) is 0.579. The van der Waals surface area contributed by atoms with Crippen molar-refractivity contribution < 1.29 is 9.53 Å². The summed E-state index contributed by atoms with van der Waals surface area (Å²) in [6.07, 6.45) is 2.32. The molecule has 1 aromatic rings. The Balaban J connectivity index is 2.00. The lowest BCUT2D eigenvalue weighted by Gasteiger charge is -2.17. The highest BCUT2D eigenvalue weighted by molar-refractivity contribution is 5.86. The number of rotatable bonds is 7. The molecule has 1 amide bonds. The molecule has 1 aliphatic heterocycles. The normalized spacial score (nSPS) is 14.7. The van der Waals surface area contributed by atoms with E-state index in [4.69, 9.17) is 4.74 Å². The second kappa shape index (κ2) is 10.0. The number of nitrogens with zero attached hydrogens (tertiary/aromatic N) is 2. The molecule has 6 heteroatoms. The van der Waals surface area contributed by atoms with Crippen molar-refractivity contribution in [3.8, 4) is 5.75 Å². The molecule has 0 unspecified atom stereocenters. The van der Waals surface area contributed by atoms with Crippen LogP contribution >= 0.6 is 0 Å². The van der Waals surface area contributed by atoms with Gasteiger partial charge in [-0.25, -0.2) is 4.99 Å². The number of nitrogens with one attached hydrogen (secondary N) is 2. The zero-order valence-electron chi connectivity index (χ0n) is 16.5. The Kier molecular flexibility index (Phi) is 7.75. The maximum Gasteiger partial charge on any atom is 0.241 e. The van der Waals surface area contributed by atoms with E-state index in [9.17, 15) is 4.79 Å². The van der Waals surface area contributed by atoms with Crippen LogP contribution in [0.25, 0.3) is 0 Å². The molecule has 1 fully saturated rings. The minimum atomic E-state index is 0.115. The van der Waals surface area contributed by atoms with Crippen molar-refractivity contribution in [1.29, 1.82) is 0 Å². The molecule has 2 N–H and O–H groups in total.